The van der Waals surface area contributed by atoms with Crippen LogP contribution < -0.4 is 0 Å². The molecule has 0 unspecified atom stereocenters. The Morgan fingerprint density at radius 3 is 1.05 bits per heavy atom. The summed E-state index contributed by atoms with van der Waals surface area (Å²) in [5.74, 6) is -1.77. The van der Waals surface area contributed by atoms with Gasteiger partial charge in [-0.2, -0.15) is 0 Å². The maximum absolute atomic E-state index is 11.6. The van der Waals surface area contributed by atoms with E-state index in [0.29, 0.717) is 32.3 Å². The maximum atomic E-state index is 11.6. The molecular formula is C62H100ClN3O19. The largest absolute Gasteiger partial charge is 0.508 e. The summed E-state index contributed by atoms with van der Waals surface area (Å²) in [6, 6.07) is 28.4. The SMILES string of the molecule is C.C.C.CN1CCC(O)CC1.CN1CCC(OC(=O)OCCCC(=O)O)CC1.CN1CCC(OC(=O)OCCCC(=O)OCc2ccccc2)CC1.CO.O=C(CCCO)OCc1ccccc1.O=C(Cl)OCCCC(=O)OCc1ccccc1. The third kappa shape index (κ3) is 48.5. The zero-order valence-corrected chi connectivity index (χ0v) is 48.9. The first-order valence-corrected chi connectivity index (χ1v) is 28.0. The third-order valence-corrected chi connectivity index (χ3v) is 12.2. The Morgan fingerprint density at radius 1 is 0.459 bits per heavy atom. The highest BCUT2D eigenvalue weighted by atomic mass is 35.5. The number of halogens is 1. The van der Waals surface area contributed by atoms with E-state index in [1.807, 2.05) is 105 Å². The molecule has 85 heavy (non-hydrogen) atoms. The van der Waals surface area contributed by atoms with Gasteiger partial charge in [0.25, 0.3) is 0 Å². The summed E-state index contributed by atoms with van der Waals surface area (Å²) in [6.45, 7) is 7.03. The second-order valence-corrected chi connectivity index (χ2v) is 19.3. The Labute approximate surface area is 509 Å². The number of carboxylic acid groups (broad SMARTS) is 1. The van der Waals surface area contributed by atoms with Gasteiger partial charge >= 0.3 is 41.6 Å². The fourth-order valence-corrected chi connectivity index (χ4v) is 7.39. The minimum atomic E-state index is -0.891. The summed E-state index contributed by atoms with van der Waals surface area (Å²) in [7, 11) is 7.16. The molecule has 3 fully saturated rings. The van der Waals surface area contributed by atoms with Crippen molar-refractivity contribution in [1.82, 2.24) is 14.7 Å². The number of benzene rings is 3. The molecule has 0 aromatic heterocycles. The van der Waals surface area contributed by atoms with Crippen molar-refractivity contribution in [3.8, 4) is 0 Å². The number of esters is 3. The van der Waals surface area contributed by atoms with Crippen LogP contribution >= 0.6 is 11.6 Å². The Hall–Kier alpha value is -6.40. The van der Waals surface area contributed by atoms with Crippen LogP contribution in [-0.2, 0) is 76.9 Å². The van der Waals surface area contributed by atoms with Crippen molar-refractivity contribution in [1.29, 1.82) is 0 Å². The molecule has 22 nitrogen and oxygen atoms in total. The fraction of sp³-hybridized carbons (Fsp3) is 0.597. The molecule has 3 aliphatic rings. The quantitative estimate of drug-likeness (QED) is 0.0297. The van der Waals surface area contributed by atoms with Crippen LogP contribution in [0, 0.1) is 0 Å². The monoisotopic (exact) mass is 1230 g/mol. The molecule has 4 N–H and O–H groups in total. The lowest BCUT2D eigenvalue weighted by Gasteiger charge is -2.28. The molecule has 484 valence electrons. The van der Waals surface area contributed by atoms with Crippen molar-refractivity contribution in [3.63, 3.8) is 0 Å². The van der Waals surface area contributed by atoms with E-state index in [2.05, 4.69) is 26.5 Å². The molecule has 23 heteroatoms. The molecule has 0 bridgehead atoms. The Balaban J connectivity index is -0.00000100. The van der Waals surface area contributed by atoms with E-state index < -0.39 is 23.7 Å². The fourth-order valence-electron chi connectivity index (χ4n) is 7.31. The highest BCUT2D eigenvalue weighted by Gasteiger charge is 2.22. The van der Waals surface area contributed by atoms with Crippen molar-refractivity contribution >= 4 is 53.2 Å². The molecule has 0 atom stereocenters. The van der Waals surface area contributed by atoms with Gasteiger partial charge in [-0.05, 0) is 102 Å². The average molecular weight is 1230 g/mol. The Bertz CT molecular complexity index is 2130. The number of ether oxygens (including phenoxy) is 8. The van der Waals surface area contributed by atoms with Gasteiger partial charge in [0.2, 0.25) is 0 Å². The number of aliphatic hydroxyl groups is 3. The van der Waals surface area contributed by atoms with Crippen LogP contribution in [0.15, 0.2) is 91.0 Å². The summed E-state index contributed by atoms with van der Waals surface area (Å²) >= 11 is 4.96. The van der Waals surface area contributed by atoms with Crippen LogP contribution in [0.4, 0.5) is 14.4 Å². The predicted octanol–water partition coefficient (Wildman–Crippen LogP) is 9.83. The first kappa shape index (κ1) is 82.8. The number of nitrogens with zero attached hydrogens (tertiary/aromatic N) is 3. The number of aliphatic carboxylic acids is 1. The maximum Gasteiger partial charge on any atom is 0.508 e. The summed E-state index contributed by atoms with van der Waals surface area (Å²) in [4.78, 5) is 83.8. The number of carboxylic acids is 1. The molecule has 0 aliphatic carbocycles. The van der Waals surface area contributed by atoms with Gasteiger partial charge < -0.3 is 73.0 Å². The van der Waals surface area contributed by atoms with Gasteiger partial charge in [0.1, 0.15) is 32.0 Å². The average Bonchev–Trinajstić information content (AvgIpc) is 3.49. The second-order valence-electron chi connectivity index (χ2n) is 19.0. The number of piperidine rings is 3. The van der Waals surface area contributed by atoms with Crippen molar-refractivity contribution in [3.05, 3.63) is 108 Å². The molecule has 0 radical (unpaired) electrons. The smallest absolute Gasteiger partial charge is 0.481 e. The highest BCUT2D eigenvalue weighted by Crippen LogP contribution is 2.15. The predicted molar refractivity (Wildman–Crippen MR) is 325 cm³/mol. The number of hydrogen-bond donors (Lipinski definition) is 4. The second kappa shape index (κ2) is 54.3. The van der Waals surface area contributed by atoms with Crippen LogP contribution in [0.5, 0.6) is 0 Å². The summed E-state index contributed by atoms with van der Waals surface area (Å²) in [5.41, 5.74) is 2.00. The number of rotatable bonds is 23. The van der Waals surface area contributed by atoms with E-state index in [1.165, 1.54) is 0 Å². The molecule has 0 saturated carbocycles. The van der Waals surface area contributed by atoms with Gasteiger partial charge in [0.15, 0.2) is 0 Å². The third-order valence-electron chi connectivity index (χ3n) is 12.1. The lowest BCUT2D eigenvalue weighted by molar-refractivity contribution is -0.146. The van der Waals surface area contributed by atoms with Crippen molar-refractivity contribution < 1.29 is 91.9 Å². The van der Waals surface area contributed by atoms with Gasteiger partial charge in [-0.25, -0.2) is 14.4 Å². The Kier molecular flexibility index (Phi) is 52.9. The standard InChI is InChI=1S/C18H25NO5.C12H13ClO4.C11H19NO5.C11H14O3.C6H13NO.CH4O.3CH4/c1-19-11-9-16(10-12-19)24-18(21)22-13-5-8-17(20)23-14-15-6-3-2-4-7-15;13-12(15)16-8-4-7-11(14)17-9-10-5-2-1-3-6-10;1-12-6-4-9(5-7-12)17-11(15)16-8-2-3-10(13)14;12-8-4-7-11(13)14-9-10-5-2-1-3-6-10;1-7-4-2-6(8)3-5-7;1-2;;;/h2-4,6-7,16H,5,8-14H2,1H3;1-3,5-6H,4,7-9H2;9H,2-8H2,1H3,(H,13,14);1-3,5-6,12H,4,7-9H2;6,8H,2-5H2,1H3;2H,1H3;3*1H4. The van der Waals surface area contributed by atoms with Crippen molar-refractivity contribution in [2.45, 2.75) is 150 Å². The first-order chi connectivity index (χ1) is 39.5. The molecule has 3 heterocycles. The summed E-state index contributed by atoms with van der Waals surface area (Å²) in [5, 5.41) is 32.9. The molecule has 0 spiro atoms. The molecule has 0 amide bonds. The first-order valence-electron chi connectivity index (χ1n) is 27.6. The van der Waals surface area contributed by atoms with E-state index in [4.69, 9.17) is 65.2 Å². The lowest BCUT2D eigenvalue weighted by Crippen LogP contribution is -2.35. The van der Waals surface area contributed by atoms with E-state index in [-0.39, 0.29) is 124 Å². The normalized spacial score (nSPS) is 14.1. The summed E-state index contributed by atoms with van der Waals surface area (Å²) in [6.07, 6.45) is 6.04. The minimum Gasteiger partial charge on any atom is -0.481 e. The molecule has 3 saturated heterocycles. The van der Waals surface area contributed by atoms with Gasteiger partial charge in [-0.1, -0.05) is 113 Å². The van der Waals surface area contributed by atoms with Crippen LogP contribution in [-0.4, -0.2) is 189 Å². The number of likely N-dealkylation sites (tertiary alicyclic amines) is 3. The topological polar surface area (TPSA) is 284 Å². The Morgan fingerprint density at radius 2 is 0.753 bits per heavy atom. The number of aliphatic hydroxyl groups excluding tert-OH is 3. The number of carbonyl (C=O) groups is 7. The molecular weight excluding hydrogens is 1130 g/mol. The van der Waals surface area contributed by atoms with Crippen LogP contribution in [0.2, 0.25) is 0 Å². The van der Waals surface area contributed by atoms with Gasteiger partial charge in [-0.3, -0.25) is 19.2 Å². The van der Waals surface area contributed by atoms with E-state index in [1.54, 1.807) is 0 Å². The van der Waals surface area contributed by atoms with Gasteiger partial charge in [0, 0.05) is 90.3 Å². The van der Waals surface area contributed by atoms with Gasteiger partial charge in [0.05, 0.1) is 25.9 Å². The zero-order chi connectivity index (χ0) is 60.6. The zero-order valence-electron chi connectivity index (χ0n) is 48.1. The highest BCUT2D eigenvalue weighted by molar-refractivity contribution is 6.61. The van der Waals surface area contributed by atoms with E-state index in [0.717, 1.165) is 102 Å². The van der Waals surface area contributed by atoms with Crippen molar-refractivity contribution in [2.24, 2.45) is 0 Å². The lowest BCUT2D eigenvalue weighted by atomic mass is 10.1. The number of hydrogen-bond acceptors (Lipinski definition) is 21. The minimum absolute atomic E-state index is 0. The molecule has 3 aromatic rings. The van der Waals surface area contributed by atoms with E-state index >= 15 is 0 Å². The molecule has 3 aliphatic heterocycles. The van der Waals surface area contributed by atoms with Crippen LogP contribution in [0.1, 0.15) is 129 Å². The van der Waals surface area contributed by atoms with Crippen molar-refractivity contribution in [2.75, 3.05) is 93.9 Å². The van der Waals surface area contributed by atoms with Gasteiger partial charge in [-0.15, -0.1) is 0 Å². The number of carbonyl (C=O) groups excluding carboxylic acids is 6. The summed E-state index contributed by atoms with van der Waals surface area (Å²) < 4.78 is 39.8. The molecule has 6 rings (SSSR count). The van der Waals surface area contributed by atoms with E-state index in [9.17, 15) is 33.6 Å². The van der Waals surface area contributed by atoms with Crippen LogP contribution in [0.3, 0.4) is 0 Å². The van der Waals surface area contributed by atoms with Crippen LogP contribution in [0.25, 0.3) is 0 Å². The molecule has 3 aromatic carbocycles.